The van der Waals surface area contributed by atoms with Crippen molar-refractivity contribution >= 4 is 6.85 Å². The Bertz CT molecular complexity index is 75.0. The molecule has 1 aliphatic rings. The van der Waals surface area contributed by atoms with E-state index in [2.05, 4.69) is 18.7 Å². The fourth-order valence-electron chi connectivity index (χ4n) is 1.77. The third-order valence-corrected chi connectivity index (χ3v) is 2.38. The van der Waals surface area contributed by atoms with E-state index in [0.717, 1.165) is 6.85 Å². The summed E-state index contributed by atoms with van der Waals surface area (Å²) in [6.07, 6.45) is 4.20. The van der Waals surface area contributed by atoms with Gasteiger partial charge < -0.3 is 4.81 Å². The predicted octanol–water partition coefficient (Wildman–Crippen LogP) is 1.72. The zero-order valence-electron chi connectivity index (χ0n) is 6.56. The first kappa shape index (κ1) is 7.14. The number of hydrogen-bond donors (Lipinski definition) is 0. The summed E-state index contributed by atoms with van der Waals surface area (Å²) in [7, 11) is 0. The largest absolute Gasteiger partial charge is 0.342 e. The highest BCUT2D eigenvalue weighted by Crippen LogP contribution is 2.16. The Kier molecular flexibility index (Phi) is 2.58. The summed E-state index contributed by atoms with van der Waals surface area (Å²) in [5.41, 5.74) is 0. The van der Waals surface area contributed by atoms with Crippen LogP contribution in [0.15, 0.2) is 0 Å². The summed E-state index contributed by atoms with van der Waals surface area (Å²) in [6.45, 7) is 8.05. The van der Waals surface area contributed by atoms with Gasteiger partial charge in [-0.25, -0.2) is 0 Å². The van der Waals surface area contributed by atoms with Crippen molar-refractivity contribution in [2.24, 2.45) is 0 Å². The average Bonchev–Trinajstić information content (AvgIpc) is 2.33. The van der Waals surface area contributed by atoms with Crippen LogP contribution in [0.4, 0.5) is 0 Å². The van der Waals surface area contributed by atoms with Crippen LogP contribution in [0.1, 0.15) is 20.3 Å². The molecule has 2 heteroatoms. The van der Waals surface area contributed by atoms with E-state index in [1.54, 1.807) is 0 Å². The molecule has 9 heavy (non-hydrogen) atoms. The summed E-state index contributed by atoms with van der Waals surface area (Å²) in [6, 6.07) is 0. The molecule has 0 unspecified atom stereocenters. The van der Waals surface area contributed by atoms with Crippen LogP contribution in [-0.2, 0) is 0 Å². The second kappa shape index (κ2) is 3.26. The number of hydrogen-bond acceptors (Lipinski definition) is 1. The molecule has 0 aliphatic carbocycles. The summed E-state index contributed by atoms with van der Waals surface area (Å²) in [5.74, 6) is 0. The van der Waals surface area contributed by atoms with Gasteiger partial charge in [-0.15, -0.1) is 0 Å². The van der Waals surface area contributed by atoms with Crippen LogP contribution in [0.3, 0.4) is 0 Å². The van der Waals surface area contributed by atoms with E-state index in [0.29, 0.717) is 0 Å². The molecule has 1 rings (SSSR count). The molecule has 0 bridgehead atoms. The molecule has 0 spiro atoms. The van der Waals surface area contributed by atoms with E-state index in [-0.39, 0.29) is 0 Å². The standard InChI is InChI=1S/C7H16BN/c1-3-8-6-5-7-9(8)4-2/h3-7H2,1-2H3. The van der Waals surface area contributed by atoms with Gasteiger partial charge >= 0.3 is 0 Å². The molecule has 0 radical (unpaired) electrons. The molecule has 1 aliphatic heterocycles. The minimum Gasteiger partial charge on any atom is -0.342 e. The quantitative estimate of drug-likeness (QED) is 0.508. The van der Waals surface area contributed by atoms with Crippen LogP contribution in [0.2, 0.25) is 12.6 Å². The van der Waals surface area contributed by atoms with Crippen molar-refractivity contribution in [1.29, 1.82) is 0 Å². The number of rotatable bonds is 2. The Morgan fingerprint density at radius 1 is 1.44 bits per heavy atom. The monoisotopic (exact) mass is 125 g/mol. The van der Waals surface area contributed by atoms with Crippen molar-refractivity contribution in [1.82, 2.24) is 4.81 Å². The van der Waals surface area contributed by atoms with Gasteiger partial charge in [0.25, 0.3) is 0 Å². The van der Waals surface area contributed by atoms with Crippen molar-refractivity contribution < 1.29 is 0 Å². The van der Waals surface area contributed by atoms with Crippen LogP contribution in [0, 0.1) is 0 Å². The molecule has 52 valence electrons. The van der Waals surface area contributed by atoms with Gasteiger partial charge in [-0.05, 0) is 19.5 Å². The minimum absolute atomic E-state index is 0.912. The first-order chi connectivity index (χ1) is 4.38. The van der Waals surface area contributed by atoms with E-state index in [4.69, 9.17) is 0 Å². The third kappa shape index (κ3) is 1.48. The van der Waals surface area contributed by atoms with E-state index in [1.165, 1.54) is 32.2 Å². The lowest BCUT2D eigenvalue weighted by atomic mass is 9.57. The maximum absolute atomic E-state index is 2.58. The minimum atomic E-state index is 0.912. The second-order valence-electron chi connectivity index (χ2n) is 2.83. The van der Waals surface area contributed by atoms with Crippen LogP contribution in [0.5, 0.6) is 0 Å². The van der Waals surface area contributed by atoms with Crippen LogP contribution in [0.25, 0.3) is 0 Å². The Labute approximate surface area is 58.5 Å². The molecule has 0 aromatic heterocycles. The first-order valence-corrected chi connectivity index (χ1v) is 4.12. The molecule has 1 fully saturated rings. The summed E-state index contributed by atoms with van der Waals surface area (Å²) >= 11 is 0. The van der Waals surface area contributed by atoms with Gasteiger partial charge in [0.15, 0.2) is 0 Å². The smallest absolute Gasteiger partial charge is 0.222 e. The van der Waals surface area contributed by atoms with E-state index >= 15 is 0 Å². The maximum Gasteiger partial charge on any atom is 0.222 e. The summed E-state index contributed by atoms with van der Waals surface area (Å²) < 4.78 is 0. The zero-order valence-corrected chi connectivity index (χ0v) is 6.56. The van der Waals surface area contributed by atoms with E-state index in [1.807, 2.05) is 0 Å². The highest BCUT2D eigenvalue weighted by molar-refractivity contribution is 6.56. The molecule has 0 N–H and O–H groups in total. The molecule has 1 saturated heterocycles. The van der Waals surface area contributed by atoms with Gasteiger partial charge in [-0.2, -0.15) is 0 Å². The van der Waals surface area contributed by atoms with E-state index in [9.17, 15) is 0 Å². The Balaban J connectivity index is 2.32. The molecule has 0 aromatic carbocycles. The molecule has 1 heterocycles. The first-order valence-electron chi connectivity index (χ1n) is 4.12. The molecular formula is C7H16BN. The summed E-state index contributed by atoms with van der Waals surface area (Å²) in [4.78, 5) is 2.58. The van der Waals surface area contributed by atoms with Crippen molar-refractivity contribution in [3.8, 4) is 0 Å². The van der Waals surface area contributed by atoms with Crippen molar-refractivity contribution in [2.45, 2.75) is 32.9 Å². The molecule has 0 aromatic rings. The van der Waals surface area contributed by atoms with Crippen molar-refractivity contribution in [3.05, 3.63) is 0 Å². The Morgan fingerprint density at radius 3 is 2.67 bits per heavy atom. The van der Waals surface area contributed by atoms with Crippen LogP contribution in [-0.4, -0.2) is 24.7 Å². The number of nitrogens with zero attached hydrogens (tertiary/aromatic N) is 1. The zero-order chi connectivity index (χ0) is 6.69. The SMILES string of the molecule is CCB1CCCN1CC. The second-order valence-corrected chi connectivity index (χ2v) is 2.83. The molecule has 0 atom stereocenters. The normalized spacial score (nSPS) is 21.3. The van der Waals surface area contributed by atoms with Crippen LogP contribution >= 0.6 is 0 Å². The summed E-state index contributed by atoms with van der Waals surface area (Å²) in [5, 5.41) is 0. The van der Waals surface area contributed by atoms with Gasteiger partial charge in [-0.1, -0.05) is 26.5 Å². The van der Waals surface area contributed by atoms with Gasteiger partial charge in [-0.3, -0.25) is 0 Å². The van der Waals surface area contributed by atoms with Gasteiger partial charge in [0.2, 0.25) is 6.85 Å². The van der Waals surface area contributed by atoms with Gasteiger partial charge in [0.05, 0.1) is 0 Å². The van der Waals surface area contributed by atoms with Crippen LogP contribution < -0.4 is 0 Å². The molecule has 0 saturated carbocycles. The Morgan fingerprint density at radius 2 is 2.22 bits per heavy atom. The van der Waals surface area contributed by atoms with Gasteiger partial charge in [0.1, 0.15) is 0 Å². The maximum atomic E-state index is 2.58. The predicted molar refractivity (Wildman–Crippen MR) is 42.9 cm³/mol. The van der Waals surface area contributed by atoms with Gasteiger partial charge in [0, 0.05) is 0 Å². The lowest BCUT2D eigenvalue weighted by Gasteiger charge is -2.17. The highest BCUT2D eigenvalue weighted by atomic mass is 15.1. The molecule has 0 amide bonds. The Hall–Kier alpha value is 0.0249. The fraction of sp³-hybridized carbons (Fsp3) is 1.00. The lowest BCUT2D eigenvalue weighted by molar-refractivity contribution is 0.491. The molecule has 1 nitrogen and oxygen atoms in total. The average molecular weight is 125 g/mol. The molecular weight excluding hydrogens is 109 g/mol. The lowest BCUT2D eigenvalue weighted by Crippen LogP contribution is -2.32. The van der Waals surface area contributed by atoms with Crippen molar-refractivity contribution in [2.75, 3.05) is 13.1 Å². The highest BCUT2D eigenvalue weighted by Gasteiger charge is 2.24. The third-order valence-electron chi connectivity index (χ3n) is 2.38. The van der Waals surface area contributed by atoms with E-state index < -0.39 is 0 Å². The topological polar surface area (TPSA) is 3.24 Å². The fourth-order valence-corrected chi connectivity index (χ4v) is 1.77. The van der Waals surface area contributed by atoms with Crippen molar-refractivity contribution in [3.63, 3.8) is 0 Å².